The van der Waals surface area contributed by atoms with Gasteiger partial charge in [0.1, 0.15) is 0 Å². The van der Waals surface area contributed by atoms with E-state index in [1.165, 1.54) is 4.90 Å². The number of para-hydroxylation sites is 1. The van der Waals surface area contributed by atoms with E-state index in [0.717, 1.165) is 48.8 Å². The van der Waals surface area contributed by atoms with Crippen LogP contribution < -0.4 is 4.90 Å². The van der Waals surface area contributed by atoms with E-state index in [2.05, 4.69) is 20.9 Å². The molecule has 1 aromatic heterocycles. The maximum absolute atomic E-state index is 13.2. The third kappa shape index (κ3) is 3.08. The number of quaternary nitrogens is 1. The van der Waals surface area contributed by atoms with Crippen molar-refractivity contribution in [2.24, 2.45) is 0 Å². The average molecular weight is 327 g/mol. The molecule has 1 aliphatic rings. The molecule has 1 N–H and O–H groups in total. The Morgan fingerprint density at radius 3 is 2.38 bits per heavy atom. The van der Waals surface area contributed by atoms with Gasteiger partial charge in [0, 0.05) is 0 Å². The monoisotopic (exact) mass is 327 g/mol. The Kier molecular flexibility index (Phi) is 4.71. The van der Waals surface area contributed by atoms with Gasteiger partial charge >= 0.3 is 0 Å². The van der Waals surface area contributed by atoms with Gasteiger partial charge in [-0.3, -0.25) is 4.79 Å². The van der Waals surface area contributed by atoms with Crippen LogP contribution in [-0.2, 0) is 0 Å². The molecule has 5 nitrogen and oxygen atoms in total. The molecule has 0 bridgehead atoms. The van der Waals surface area contributed by atoms with Crippen molar-refractivity contribution in [1.82, 2.24) is 14.7 Å². The molecule has 0 saturated carbocycles. The Balaban J connectivity index is 2.02. The molecule has 1 fully saturated rings. The first-order chi connectivity index (χ1) is 11.5. The summed E-state index contributed by atoms with van der Waals surface area (Å²) in [6.07, 6.45) is 0. The maximum atomic E-state index is 13.2. The fourth-order valence-corrected chi connectivity index (χ4v) is 3.36. The van der Waals surface area contributed by atoms with E-state index in [4.69, 9.17) is 5.10 Å². The Labute approximate surface area is 143 Å². The molecule has 0 unspecified atom stereocenters. The highest BCUT2D eigenvalue weighted by molar-refractivity contribution is 5.97. The van der Waals surface area contributed by atoms with Crippen molar-refractivity contribution in [3.63, 3.8) is 0 Å². The zero-order valence-corrected chi connectivity index (χ0v) is 15.0. The number of hydrogen-bond donors (Lipinski definition) is 1. The van der Waals surface area contributed by atoms with Crippen molar-refractivity contribution in [2.45, 2.75) is 26.7 Å². The smallest absolute Gasteiger partial charge is 0.258 e. The lowest BCUT2D eigenvalue weighted by Crippen LogP contribution is -3.12. The highest BCUT2D eigenvalue weighted by Crippen LogP contribution is 2.27. The van der Waals surface area contributed by atoms with E-state index in [1.807, 2.05) is 46.8 Å². The van der Waals surface area contributed by atoms with Gasteiger partial charge < -0.3 is 9.80 Å². The van der Waals surface area contributed by atoms with Crippen LogP contribution in [0.5, 0.6) is 0 Å². The van der Waals surface area contributed by atoms with Gasteiger partial charge in [-0.25, -0.2) is 4.68 Å². The molecule has 1 aliphatic heterocycles. The molecule has 1 aromatic carbocycles. The first kappa shape index (κ1) is 16.7. The summed E-state index contributed by atoms with van der Waals surface area (Å²) in [7, 11) is 2.18. The minimum Gasteiger partial charge on any atom is -0.334 e. The van der Waals surface area contributed by atoms with E-state index >= 15 is 0 Å². The van der Waals surface area contributed by atoms with Crippen molar-refractivity contribution in [1.29, 1.82) is 0 Å². The van der Waals surface area contributed by atoms with E-state index in [1.54, 1.807) is 0 Å². The van der Waals surface area contributed by atoms with E-state index < -0.39 is 0 Å². The number of likely N-dealkylation sites (N-methyl/N-ethyl adjacent to an activating group) is 1. The molecule has 0 atom stereocenters. The number of carbonyl (C=O) groups excluding carboxylic acids is 1. The van der Waals surface area contributed by atoms with Crippen LogP contribution in [0.15, 0.2) is 30.3 Å². The zero-order chi connectivity index (χ0) is 17.3. The number of aromatic nitrogens is 2. The number of nitrogens with one attached hydrogen (secondary N) is 1. The molecule has 3 rings (SSSR count). The highest BCUT2D eigenvalue weighted by Gasteiger charge is 2.30. The van der Waals surface area contributed by atoms with Crippen LogP contribution in [0.25, 0.3) is 5.69 Å². The lowest BCUT2D eigenvalue weighted by Gasteiger charge is -2.30. The van der Waals surface area contributed by atoms with Gasteiger partial charge in [0.25, 0.3) is 5.91 Å². The molecule has 128 valence electrons. The van der Waals surface area contributed by atoms with Crippen LogP contribution in [0.1, 0.15) is 41.5 Å². The Morgan fingerprint density at radius 1 is 1.17 bits per heavy atom. The van der Waals surface area contributed by atoms with Gasteiger partial charge in [0.15, 0.2) is 0 Å². The van der Waals surface area contributed by atoms with Crippen LogP contribution in [0.2, 0.25) is 0 Å². The minimum atomic E-state index is 0.130. The van der Waals surface area contributed by atoms with Crippen LogP contribution in [0.4, 0.5) is 0 Å². The first-order valence-corrected chi connectivity index (χ1v) is 8.74. The topological polar surface area (TPSA) is 42.6 Å². The Hall–Kier alpha value is -2.14. The van der Waals surface area contributed by atoms with Crippen molar-refractivity contribution < 1.29 is 9.69 Å². The van der Waals surface area contributed by atoms with Crippen molar-refractivity contribution in [2.75, 3.05) is 33.2 Å². The third-order valence-electron chi connectivity index (χ3n) is 4.76. The summed E-state index contributed by atoms with van der Waals surface area (Å²) in [5.74, 6) is 0.356. The number of nitrogens with zero attached hydrogens (tertiary/aromatic N) is 3. The summed E-state index contributed by atoms with van der Waals surface area (Å²) in [6, 6.07) is 10.1. The van der Waals surface area contributed by atoms with Crippen molar-refractivity contribution in [3.8, 4) is 5.69 Å². The highest BCUT2D eigenvalue weighted by atomic mass is 16.2. The molecule has 24 heavy (non-hydrogen) atoms. The second-order valence-electron chi connectivity index (χ2n) is 7.00. The number of benzene rings is 1. The predicted molar refractivity (Wildman–Crippen MR) is 94.9 cm³/mol. The van der Waals surface area contributed by atoms with Gasteiger partial charge in [-0.05, 0) is 25.0 Å². The van der Waals surface area contributed by atoms with Gasteiger partial charge in [-0.1, -0.05) is 32.0 Å². The summed E-state index contributed by atoms with van der Waals surface area (Å²) in [6.45, 7) is 9.85. The molecule has 0 radical (unpaired) electrons. The summed E-state index contributed by atoms with van der Waals surface area (Å²) >= 11 is 0. The van der Waals surface area contributed by atoms with Crippen LogP contribution in [0, 0.1) is 6.92 Å². The molecular weight excluding hydrogens is 300 g/mol. The third-order valence-corrected chi connectivity index (χ3v) is 4.76. The number of piperazine rings is 1. The van der Waals surface area contributed by atoms with E-state index in [0.29, 0.717) is 0 Å². The average Bonchev–Trinajstić information content (AvgIpc) is 2.93. The second kappa shape index (κ2) is 6.77. The second-order valence-corrected chi connectivity index (χ2v) is 7.00. The van der Waals surface area contributed by atoms with Gasteiger partial charge in [-0.2, -0.15) is 5.10 Å². The summed E-state index contributed by atoms with van der Waals surface area (Å²) in [5.41, 5.74) is 3.62. The van der Waals surface area contributed by atoms with E-state index in [-0.39, 0.29) is 11.8 Å². The van der Waals surface area contributed by atoms with Crippen LogP contribution >= 0.6 is 0 Å². The van der Waals surface area contributed by atoms with Gasteiger partial charge in [0.2, 0.25) is 0 Å². The summed E-state index contributed by atoms with van der Waals surface area (Å²) in [4.78, 5) is 16.6. The molecule has 2 heterocycles. The lowest BCUT2D eigenvalue weighted by atomic mass is 10.0. The molecule has 0 spiro atoms. The molecule has 2 aromatic rings. The minimum absolute atomic E-state index is 0.130. The SMILES string of the molecule is Cc1nn(-c2ccccc2)c(C(C)C)c1C(=O)N1CC[NH+](C)CC1. The molecule has 1 amide bonds. The number of aryl methyl sites for hydroxylation is 1. The van der Waals surface area contributed by atoms with Crippen molar-refractivity contribution in [3.05, 3.63) is 47.3 Å². The van der Waals surface area contributed by atoms with E-state index in [9.17, 15) is 4.79 Å². The Morgan fingerprint density at radius 2 is 1.79 bits per heavy atom. The maximum Gasteiger partial charge on any atom is 0.258 e. The zero-order valence-electron chi connectivity index (χ0n) is 15.0. The summed E-state index contributed by atoms with van der Waals surface area (Å²) in [5, 5.41) is 4.70. The normalized spacial score (nSPS) is 16.0. The quantitative estimate of drug-likeness (QED) is 0.923. The fourth-order valence-electron chi connectivity index (χ4n) is 3.36. The molecule has 0 aliphatic carbocycles. The van der Waals surface area contributed by atoms with Crippen molar-refractivity contribution >= 4 is 5.91 Å². The fraction of sp³-hybridized carbons (Fsp3) is 0.474. The van der Waals surface area contributed by atoms with Gasteiger partial charge in [0.05, 0.1) is 55.9 Å². The number of rotatable bonds is 3. The number of hydrogen-bond acceptors (Lipinski definition) is 2. The number of amides is 1. The van der Waals surface area contributed by atoms with Crippen LogP contribution in [0.3, 0.4) is 0 Å². The molecule has 5 heteroatoms. The standard InChI is InChI=1S/C19H26N4O/c1-14(2)18-17(19(24)22-12-10-21(4)11-13-22)15(3)20-23(18)16-8-6-5-7-9-16/h5-9,14H,10-13H2,1-4H3/p+1. The number of carbonyl (C=O) groups is 1. The predicted octanol–water partition coefficient (Wildman–Crippen LogP) is 1.27. The Bertz CT molecular complexity index is 712. The molecular formula is C19H27N4O+. The first-order valence-electron chi connectivity index (χ1n) is 8.74. The largest absolute Gasteiger partial charge is 0.334 e. The summed E-state index contributed by atoms with van der Waals surface area (Å²) < 4.78 is 1.94. The van der Waals surface area contributed by atoms with Gasteiger partial charge in [-0.15, -0.1) is 0 Å². The molecule has 1 saturated heterocycles. The lowest BCUT2D eigenvalue weighted by molar-refractivity contribution is -0.883. The van der Waals surface area contributed by atoms with Crippen LogP contribution in [-0.4, -0.2) is 53.8 Å².